The molecule has 3 heterocycles. The van der Waals surface area contributed by atoms with Gasteiger partial charge >= 0.3 is 24.8 Å². The van der Waals surface area contributed by atoms with E-state index in [-0.39, 0.29) is 36.7 Å². The van der Waals surface area contributed by atoms with Gasteiger partial charge < -0.3 is 25.5 Å². The molecule has 0 spiro atoms. The zero-order valence-corrected chi connectivity index (χ0v) is 20.7. The highest BCUT2D eigenvalue weighted by Crippen LogP contribution is 2.45. The number of azide groups is 1. The van der Waals surface area contributed by atoms with Gasteiger partial charge in [-0.15, -0.1) is 9.42 Å². The zero-order valence-electron chi connectivity index (χ0n) is 18.0. The van der Waals surface area contributed by atoms with E-state index in [4.69, 9.17) is 35.9 Å². The highest BCUT2D eigenvalue weighted by Gasteiger charge is 2.49. The van der Waals surface area contributed by atoms with Crippen LogP contribution in [0.1, 0.15) is 18.2 Å². The Labute approximate surface area is 203 Å². The van der Waals surface area contributed by atoms with Crippen LogP contribution in [0.4, 0.5) is 5.95 Å². The molecule has 2 aromatic heterocycles. The third-order valence-corrected chi connectivity index (χ3v) is 7.06. The molecule has 0 radical (unpaired) electrons. The molecule has 36 heavy (non-hydrogen) atoms. The second kappa shape index (κ2) is 12.9. The van der Waals surface area contributed by atoms with Crippen molar-refractivity contribution in [2.45, 2.75) is 24.9 Å². The average Bonchev–Trinajstić information content (AvgIpc) is 3.37. The first-order valence-corrected chi connectivity index (χ1v) is 13.0. The quantitative estimate of drug-likeness (QED) is 0.0995. The summed E-state index contributed by atoms with van der Waals surface area (Å²) in [6.07, 6.45) is -0.839. The second-order valence-electron chi connectivity index (χ2n) is 6.68. The van der Waals surface area contributed by atoms with E-state index in [9.17, 15) is 18.5 Å². The van der Waals surface area contributed by atoms with E-state index >= 15 is 0 Å². The number of H-pyrrole nitrogens is 1. The van der Waals surface area contributed by atoms with Gasteiger partial charge in [0.25, 0.3) is 5.56 Å². The van der Waals surface area contributed by atoms with E-state index in [2.05, 4.69) is 40.5 Å². The topological polar surface area (TPSA) is 269 Å². The van der Waals surface area contributed by atoms with Crippen LogP contribution >= 0.6 is 24.8 Å². The minimum atomic E-state index is -3.24. The molecule has 0 bridgehead atoms. The van der Waals surface area contributed by atoms with Gasteiger partial charge in [0.1, 0.15) is 25.7 Å². The standard InChI is InChI=1S/C15H16N8O10P3/c16-3-1-2-8-5-23(13-12(8)14(24)21-15(17)20-13)11-4-9(29-7-19-22-18)10(31-11)6-30-35(27)33-36(28)32-34(25)26/h5,9-11H,3-4,6-7,16H2,(H2-2,17,20,21,24,25,26)/q+1/p+2. The smallest absolute Gasteiger partial charge is 0.369 e. The zero-order chi connectivity index (χ0) is 26.2. The average molecular weight is 563 g/mol. The van der Waals surface area contributed by atoms with Gasteiger partial charge in [0, 0.05) is 31.2 Å². The lowest BCUT2D eigenvalue weighted by atomic mass is 10.2. The molecular formula is C15H18N8O10P3+3. The van der Waals surface area contributed by atoms with Gasteiger partial charge in [-0.1, -0.05) is 17.0 Å². The Kier molecular flexibility index (Phi) is 9.91. The van der Waals surface area contributed by atoms with E-state index in [1.54, 1.807) is 0 Å². The lowest BCUT2D eigenvalue weighted by Gasteiger charge is -2.15. The van der Waals surface area contributed by atoms with E-state index in [1.165, 1.54) is 10.8 Å². The number of aromatic nitrogens is 3. The molecule has 21 heteroatoms. The number of nitrogen functional groups attached to an aromatic ring is 1. The van der Waals surface area contributed by atoms with Crippen LogP contribution < -0.4 is 17.0 Å². The summed E-state index contributed by atoms with van der Waals surface area (Å²) in [5.41, 5.74) is 19.6. The van der Waals surface area contributed by atoms with Gasteiger partial charge in [-0.05, 0) is 5.53 Å². The largest absolute Gasteiger partial charge is 0.798 e. The number of ether oxygens (including phenoxy) is 2. The number of aromatic amines is 1. The van der Waals surface area contributed by atoms with Crippen molar-refractivity contribution in [3.05, 3.63) is 32.6 Å². The maximum atomic E-state index is 12.5. The van der Waals surface area contributed by atoms with Crippen molar-refractivity contribution in [1.29, 1.82) is 0 Å². The number of hydrogen-bond donors (Lipinski definition) is 4. The van der Waals surface area contributed by atoms with Crippen molar-refractivity contribution in [1.82, 2.24) is 14.5 Å². The fourth-order valence-corrected chi connectivity index (χ4v) is 5.01. The Morgan fingerprint density at radius 2 is 2.17 bits per heavy atom. The first-order valence-electron chi connectivity index (χ1n) is 9.70. The van der Waals surface area contributed by atoms with Crippen LogP contribution in [0.2, 0.25) is 0 Å². The second-order valence-corrected chi connectivity index (χ2v) is 9.61. The fraction of sp³-hybridized carbons (Fsp3) is 0.467. The summed E-state index contributed by atoms with van der Waals surface area (Å²) < 4.78 is 60.0. The Morgan fingerprint density at radius 1 is 1.39 bits per heavy atom. The maximum absolute atomic E-state index is 12.5. The van der Waals surface area contributed by atoms with Gasteiger partial charge in [0.2, 0.25) is 5.95 Å². The van der Waals surface area contributed by atoms with Crippen LogP contribution in [0, 0.1) is 11.8 Å². The highest BCUT2D eigenvalue weighted by atomic mass is 31.2. The van der Waals surface area contributed by atoms with Crippen molar-refractivity contribution in [3.63, 3.8) is 0 Å². The number of fused-ring (bicyclic) bond motifs is 1. The Bertz CT molecular complexity index is 1350. The third-order valence-electron chi connectivity index (χ3n) is 4.54. The van der Waals surface area contributed by atoms with E-state index < -0.39 is 55.4 Å². The summed E-state index contributed by atoms with van der Waals surface area (Å²) in [5.74, 6) is 5.31. The normalized spacial score (nSPS) is 20.4. The van der Waals surface area contributed by atoms with Gasteiger partial charge in [-0.25, -0.2) is 0 Å². The lowest BCUT2D eigenvalue weighted by molar-refractivity contribution is -0.0547. The molecule has 190 valence electrons. The summed E-state index contributed by atoms with van der Waals surface area (Å²) in [4.78, 5) is 30.2. The molecule has 6 atom stereocenters. The highest BCUT2D eigenvalue weighted by molar-refractivity contribution is 7.53. The molecular weight excluding hydrogens is 545 g/mol. The third kappa shape index (κ3) is 7.08. The van der Waals surface area contributed by atoms with Crippen molar-refractivity contribution in [3.8, 4) is 11.8 Å². The molecule has 0 saturated carbocycles. The maximum Gasteiger partial charge on any atom is 0.798 e. The first-order chi connectivity index (χ1) is 17.2. The summed E-state index contributed by atoms with van der Waals surface area (Å²) >= 11 is 0. The minimum absolute atomic E-state index is 0.0489. The van der Waals surface area contributed by atoms with Crippen molar-refractivity contribution in [2.24, 2.45) is 10.8 Å². The molecule has 0 aromatic carbocycles. The molecule has 2 aromatic rings. The number of nitrogens with one attached hydrogen (secondary N) is 1. The number of rotatable bonds is 11. The molecule has 1 fully saturated rings. The molecule has 6 N–H and O–H groups in total. The molecule has 0 aliphatic carbocycles. The Morgan fingerprint density at radius 3 is 2.86 bits per heavy atom. The van der Waals surface area contributed by atoms with E-state index in [0.717, 1.165) is 0 Å². The molecule has 1 saturated heterocycles. The van der Waals surface area contributed by atoms with Gasteiger partial charge in [-0.2, -0.15) is 4.98 Å². The van der Waals surface area contributed by atoms with Crippen molar-refractivity contribution in [2.75, 3.05) is 25.6 Å². The molecule has 3 rings (SSSR count). The molecule has 6 unspecified atom stereocenters. The summed E-state index contributed by atoms with van der Waals surface area (Å²) in [7, 11) is -9.46. The fourth-order valence-electron chi connectivity index (χ4n) is 3.27. The van der Waals surface area contributed by atoms with Gasteiger partial charge in [-0.3, -0.25) is 9.78 Å². The summed E-state index contributed by atoms with van der Waals surface area (Å²) in [6.45, 7) is -0.728. The summed E-state index contributed by atoms with van der Waals surface area (Å²) in [6, 6.07) is 0. The van der Waals surface area contributed by atoms with Crippen molar-refractivity contribution >= 4 is 41.7 Å². The Balaban J connectivity index is 1.84. The molecule has 1 aliphatic heterocycles. The van der Waals surface area contributed by atoms with Crippen LogP contribution in [-0.4, -0.2) is 51.5 Å². The van der Waals surface area contributed by atoms with Gasteiger partial charge in [0.15, 0.2) is 14.3 Å². The van der Waals surface area contributed by atoms with Crippen LogP contribution in [0.5, 0.6) is 0 Å². The number of nitrogens with two attached hydrogens (primary N) is 2. The van der Waals surface area contributed by atoms with E-state index in [1.807, 2.05) is 0 Å². The predicted molar refractivity (Wildman–Crippen MR) is 121 cm³/mol. The van der Waals surface area contributed by atoms with Crippen LogP contribution in [0.15, 0.2) is 16.1 Å². The van der Waals surface area contributed by atoms with Crippen molar-refractivity contribution < 1.29 is 41.2 Å². The van der Waals surface area contributed by atoms with Gasteiger partial charge in [0.05, 0.1) is 23.6 Å². The molecule has 18 nitrogen and oxygen atoms in total. The number of anilines is 1. The lowest BCUT2D eigenvalue weighted by Crippen LogP contribution is -2.28. The predicted octanol–water partition coefficient (Wildman–Crippen LogP) is 1.57. The molecule has 1 aliphatic rings. The number of nitrogens with zero attached hydrogens (tertiary/aromatic N) is 5. The molecule has 0 amide bonds. The van der Waals surface area contributed by atoms with Crippen LogP contribution in [0.3, 0.4) is 0 Å². The Hall–Kier alpha value is -2.89. The summed E-state index contributed by atoms with van der Waals surface area (Å²) in [5, 5.41) is 3.46. The van der Waals surface area contributed by atoms with E-state index in [0.29, 0.717) is 5.56 Å². The SMILES string of the molecule is [N-]=[N+]=NCOC1CC(n2cc(C#CCN)c3c(=O)[nH]c(N)nc32)OC1CO[P+](=O)O[P+](=O)O[P+](=O)O. The number of hydrogen-bond acceptors (Lipinski definition) is 13. The minimum Gasteiger partial charge on any atom is -0.369 e. The van der Waals surface area contributed by atoms with Crippen LogP contribution in [-0.2, 0) is 36.3 Å². The van der Waals surface area contributed by atoms with Crippen LogP contribution in [0.25, 0.3) is 21.5 Å². The first kappa shape index (κ1) is 27.7. The monoisotopic (exact) mass is 563 g/mol.